The van der Waals surface area contributed by atoms with Gasteiger partial charge in [-0.15, -0.1) is 5.10 Å². The zero-order chi connectivity index (χ0) is 18.7. The van der Waals surface area contributed by atoms with Gasteiger partial charge in [0.05, 0.1) is 18.5 Å². The molecule has 8 nitrogen and oxygen atoms in total. The summed E-state index contributed by atoms with van der Waals surface area (Å²) in [6.07, 6.45) is 0.433. The number of ketones is 2. The zero-order valence-corrected chi connectivity index (χ0v) is 14.3. The molecule has 1 aliphatic heterocycles. The molecule has 10 heteroatoms. The van der Waals surface area contributed by atoms with E-state index in [9.17, 15) is 19.0 Å². The Morgan fingerprint density at radius 3 is 3.00 bits per heavy atom. The molecule has 136 valence electrons. The van der Waals surface area contributed by atoms with Gasteiger partial charge in [0.2, 0.25) is 0 Å². The number of para-hydroxylation sites is 1. The summed E-state index contributed by atoms with van der Waals surface area (Å²) in [5, 5.41) is 21.1. The predicted octanol–water partition coefficient (Wildman–Crippen LogP) is 0.833. The van der Waals surface area contributed by atoms with Crippen molar-refractivity contribution in [1.29, 1.82) is 0 Å². The molecule has 0 unspecified atom stereocenters. The second kappa shape index (κ2) is 7.73. The molecule has 1 aromatic carbocycles. The summed E-state index contributed by atoms with van der Waals surface area (Å²) < 4.78 is 19.2. The van der Waals surface area contributed by atoms with E-state index in [0.29, 0.717) is 17.7 Å². The molecule has 0 aliphatic carbocycles. The van der Waals surface area contributed by atoms with Crippen molar-refractivity contribution < 1.29 is 23.7 Å². The van der Waals surface area contributed by atoms with Crippen molar-refractivity contribution >= 4 is 18.7 Å². The molecule has 1 N–H and O–H groups in total. The van der Waals surface area contributed by atoms with E-state index >= 15 is 0 Å². The summed E-state index contributed by atoms with van der Waals surface area (Å²) in [4.78, 5) is 24.0. The maximum Gasteiger partial charge on any atom is 0.526 e. The third-order valence-electron chi connectivity index (χ3n) is 4.35. The van der Waals surface area contributed by atoms with Crippen LogP contribution in [0.3, 0.4) is 0 Å². The maximum absolute atomic E-state index is 12.5. The number of hydrogen-bond acceptors (Lipinski definition) is 7. The molecule has 0 saturated heterocycles. The van der Waals surface area contributed by atoms with E-state index in [4.69, 9.17) is 4.65 Å². The van der Waals surface area contributed by atoms with Gasteiger partial charge >= 0.3 is 7.12 Å². The van der Waals surface area contributed by atoms with Crippen molar-refractivity contribution in [1.82, 2.24) is 20.2 Å². The Bertz CT molecular complexity index is 828. The van der Waals surface area contributed by atoms with Gasteiger partial charge in [0, 0.05) is 12.2 Å². The lowest BCUT2D eigenvalue weighted by molar-refractivity contribution is -0.118. The Morgan fingerprint density at radius 1 is 1.46 bits per heavy atom. The fourth-order valence-corrected chi connectivity index (χ4v) is 3.08. The Labute approximate surface area is 149 Å². The topological polar surface area (TPSA) is 107 Å². The molecule has 2 aromatic rings. The van der Waals surface area contributed by atoms with Crippen LogP contribution < -0.4 is 4.65 Å². The van der Waals surface area contributed by atoms with Gasteiger partial charge < -0.3 is 9.68 Å². The van der Waals surface area contributed by atoms with Crippen molar-refractivity contribution in [3.8, 4) is 5.75 Å². The van der Waals surface area contributed by atoms with Crippen LogP contribution in [0.5, 0.6) is 5.75 Å². The van der Waals surface area contributed by atoms with Crippen LogP contribution in [-0.4, -0.2) is 50.6 Å². The highest BCUT2D eigenvalue weighted by atomic mass is 19.1. The van der Waals surface area contributed by atoms with Crippen molar-refractivity contribution in [2.24, 2.45) is 0 Å². The number of halogens is 1. The number of carbonyl (C=O) groups excluding carboxylic acids is 2. The largest absolute Gasteiger partial charge is 0.535 e. The monoisotopic (exact) mass is 360 g/mol. The average Bonchev–Trinajstić information content (AvgIpc) is 3.02. The lowest BCUT2D eigenvalue weighted by atomic mass is 9.64. The molecule has 3 rings (SSSR count). The summed E-state index contributed by atoms with van der Waals surface area (Å²) in [6, 6.07) is 5.21. The summed E-state index contributed by atoms with van der Waals surface area (Å²) in [5.41, 5.74) is 1.19. The lowest BCUT2D eigenvalue weighted by Crippen LogP contribution is -2.36. The highest BCUT2D eigenvalue weighted by molar-refractivity contribution is 6.47. The SMILES string of the molecule is CC(=O)c1cccc2c1OB(O)[C@@H](CC(=O)Cc1nnnn1CCF)C2. The predicted molar refractivity (Wildman–Crippen MR) is 89.6 cm³/mol. The van der Waals surface area contributed by atoms with Gasteiger partial charge in [-0.2, -0.15) is 0 Å². The molecule has 0 radical (unpaired) electrons. The first kappa shape index (κ1) is 18.2. The molecule has 0 bridgehead atoms. The Morgan fingerprint density at radius 2 is 2.27 bits per heavy atom. The number of nitrogens with zero attached hydrogens (tertiary/aromatic N) is 4. The minimum atomic E-state index is -1.19. The minimum Gasteiger partial charge on any atom is -0.535 e. The van der Waals surface area contributed by atoms with E-state index in [1.165, 1.54) is 11.6 Å². The molecule has 1 aliphatic rings. The third-order valence-corrected chi connectivity index (χ3v) is 4.35. The molecule has 0 amide bonds. The van der Waals surface area contributed by atoms with Crippen LogP contribution in [-0.2, 0) is 24.2 Å². The number of alkyl halides is 1. The van der Waals surface area contributed by atoms with Gasteiger partial charge in [0.25, 0.3) is 0 Å². The Hall–Kier alpha value is -2.62. The highest BCUT2D eigenvalue weighted by Crippen LogP contribution is 2.36. The molecular formula is C16H18BFN4O4. The van der Waals surface area contributed by atoms with Gasteiger partial charge in [0.15, 0.2) is 11.6 Å². The van der Waals surface area contributed by atoms with Crippen LogP contribution in [0, 0.1) is 0 Å². The smallest absolute Gasteiger partial charge is 0.526 e. The maximum atomic E-state index is 12.5. The van der Waals surface area contributed by atoms with E-state index < -0.39 is 19.6 Å². The number of aryl methyl sites for hydroxylation is 1. The minimum absolute atomic E-state index is 0.00796. The second-order valence-electron chi connectivity index (χ2n) is 6.25. The van der Waals surface area contributed by atoms with Gasteiger partial charge in [-0.3, -0.25) is 9.59 Å². The van der Waals surface area contributed by atoms with Crippen LogP contribution in [0.1, 0.15) is 35.1 Å². The third kappa shape index (κ3) is 3.80. The molecule has 2 heterocycles. The molecule has 26 heavy (non-hydrogen) atoms. The number of aromatic nitrogens is 4. The molecule has 1 atom stereocenters. The van der Waals surface area contributed by atoms with Crippen LogP contribution in [0.15, 0.2) is 18.2 Å². The van der Waals surface area contributed by atoms with Crippen molar-refractivity contribution in [3.63, 3.8) is 0 Å². The van der Waals surface area contributed by atoms with Crippen LogP contribution >= 0.6 is 0 Å². The molecule has 0 spiro atoms. The number of tetrazole rings is 1. The summed E-state index contributed by atoms with van der Waals surface area (Å²) in [6.45, 7) is 0.797. The number of fused-ring (bicyclic) bond motifs is 1. The molecular weight excluding hydrogens is 342 g/mol. The fourth-order valence-electron chi connectivity index (χ4n) is 3.08. The summed E-state index contributed by atoms with van der Waals surface area (Å²) >= 11 is 0. The van der Waals surface area contributed by atoms with Crippen molar-refractivity contribution in [2.45, 2.75) is 38.5 Å². The van der Waals surface area contributed by atoms with Crippen LogP contribution in [0.4, 0.5) is 4.39 Å². The number of hydrogen-bond donors (Lipinski definition) is 1. The van der Waals surface area contributed by atoms with E-state index in [-0.39, 0.29) is 36.8 Å². The van der Waals surface area contributed by atoms with E-state index in [1.807, 2.05) is 6.07 Å². The first-order chi connectivity index (χ1) is 12.5. The van der Waals surface area contributed by atoms with Gasteiger partial charge in [-0.1, -0.05) is 12.1 Å². The highest BCUT2D eigenvalue weighted by Gasteiger charge is 2.37. The first-order valence-corrected chi connectivity index (χ1v) is 8.30. The van der Waals surface area contributed by atoms with Crippen molar-refractivity contribution in [2.75, 3.05) is 6.67 Å². The van der Waals surface area contributed by atoms with E-state index in [0.717, 1.165) is 5.56 Å². The number of carbonyl (C=O) groups is 2. The van der Waals surface area contributed by atoms with E-state index in [1.54, 1.807) is 12.1 Å². The Kier molecular flexibility index (Phi) is 5.41. The fraction of sp³-hybridized carbons (Fsp3) is 0.438. The molecule has 1 aromatic heterocycles. The normalized spacial score (nSPS) is 16.1. The van der Waals surface area contributed by atoms with Crippen LogP contribution in [0.2, 0.25) is 5.82 Å². The number of rotatable bonds is 7. The number of Topliss-reactive ketones (excluding diaryl/α,β-unsaturated/α-hetero) is 2. The molecule has 0 fully saturated rings. The quantitative estimate of drug-likeness (QED) is 0.576. The zero-order valence-electron chi connectivity index (χ0n) is 14.3. The van der Waals surface area contributed by atoms with Gasteiger partial charge in [-0.25, -0.2) is 9.07 Å². The van der Waals surface area contributed by atoms with Crippen molar-refractivity contribution in [3.05, 3.63) is 35.2 Å². The van der Waals surface area contributed by atoms with Crippen LogP contribution in [0.25, 0.3) is 0 Å². The molecule has 0 saturated carbocycles. The van der Waals surface area contributed by atoms with Gasteiger partial charge in [0.1, 0.15) is 18.2 Å². The standard InChI is InChI=1S/C16H18BFN4O4/c1-10(23)14-4-2-3-11-7-12(17(25)26-16(11)14)8-13(24)9-15-19-20-21-22(15)6-5-18/h2-4,12,25H,5-9H2,1H3/t12-/m1/s1. The second-order valence-corrected chi connectivity index (χ2v) is 6.25. The first-order valence-electron chi connectivity index (χ1n) is 8.30. The van der Waals surface area contributed by atoms with Gasteiger partial charge in [-0.05, 0) is 35.4 Å². The van der Waals surface area contributed by atoms with E-state index in [2.05, 4.69) is 15.5 Å². The average molecular weight is 360 g/mol. The lowest BCUT2D eigenvalue weighted by Gasteiger charge is -2.28. The Balaban J connectivity index is 1.69. The summed E-state index contributed by atoms with van der Waals surface area (Å²) in [7, 11) is -1.19. The summed E-state index contributed by atoms with van der Waals surface area (Å²) in [5.74, 6) is -0.106. The number of benzene rings is 1.